The average Bonchev–Trinajstić information content (AvgIpc) is 2.69. The second-order valence-electron chi connectivity index (χ2n) is 2.90. The van der Waals surface area contributed by atoms with Crippen molar-refractivity contribution in [2.24, 2.45) is 17.2 Å². The molecule has 1 heterocycles. The predicted molar refractivity (Wildman–Crippen MR) is 58.7 cm³/mol. The minimum atomic E-state index is 0.683. The molecule has 0 amide bonds. The number of unbranched alkanes of at least 4 members (excludes halogenated alkanes) is 1. The number of rotatable bonds is 5. The van der Waals surface area contributed by atoms with Crippen LogP contribution in [-0.4, -0.2) is 29.6 Å². The monoisotopic (exact) mass is 199 g/mol. The number of nitrogens with zero attached hydrogens (tertiary/aromatic N) is 1. The molecule has 0 saturated heterocycles. The molecule has 0 aromatic carbocycles. The summed E-state index contributed by atoms with van der Waals surface area (Å²) in [5, 5.41) is 0. The Balaban J connectivity index is 0.000000255. The van der Waals surface area contributed by atoms with Gasteiger partial charge in [0, 0.05) is 18.3 Å². The molecule has 0 aliphatic rings. The normalized spacial score (nSPS) is 9.36. The van der Waals surface area contributed by atoms with Crippen molar-refractivity contribution in [1.82, 2.24) is 9.97 Å². The Bertz CT molecular complexity index is 181. The zero-order valence-corrected chi connectivity index (χ0v) is 8.58. The van der Waals surface area contributed by atoms with Crippen LogP contribution >= 0.6 is 0 Å². The quantitative estimate of drug-likeness (QED) is 0.484. The van der Waals surface area contributed by atoms with E-state index in [4.69, 9.17) is 17.2 Å². The minimum absolute atomic E-state index is 0.683. The fourth-order valence-electron chi connectivity index (χ4n) is 0.866. The van der Waals surface area contributed by atoms with E-state index in [-0.39, 0.29) is 0 Å². The number of aromatic nitrogens is 2. The molecule has 0 spiro atoms. The molecule has 14 heavy (non-hydrogen) atoms. The molecule has 0 atom stereocenters. The van der Waals surface area contributed by atoms with E-state index in [2.05, 4.69) is 9.97 Å². The number of imidazole rings is 1. The first-order valence-corrected chi connectivity index (χ1v) is 4.92. The van der Waals surface area contributed by atoms with Crippen LogP contribution in [0.15, 0.2) is 12.5 Å². The van der Waals surface area contributed by atoms with Gasteiger partial charge in [0.1, 0.15) is 0 Å². The summed E-state index contributed by atoms with van der Waals surface area (Å²) in [5.74, 6) is 0. The molecular weight excluding hydrogens is 178 g/mol. The summed E-state index contributed by atoms with van der Waals surface area (Å²) in [6.45, 7) is 2.23. The van der Waals surface area contributed by atoms with Crippen molar-refractivity contribution in [3.05, 3.63) is 18.2 Å². The van der Waals surface area contributed by atoms with Gasteiger partial charge in [-0.3, -0.25) is 0 Å². The summed E-state index contributed by atoms with van der Waals surface area (Å²) in [7, 11) is 0. The lowest BCUT2D eigenvalue weighted by molar-refractivity contribution is 0.755. The van der Waals surface area contributed by atoms with Gasteiger partial charge in [-0.15, -0.1) is 0 Å². The van der Waals surface area contributed by atoms with Gasteiger partial charge < -0.3 is 22.2 Å². The van der Waals surface area contributed by atoms with E-state index in [1.807, 2.05) is 0 Å². The molecule has 5 heteroatoms. The molecule has 0 aliphatic heterocycles. The van der Waals surface area contributed by atoms with E-state index >= 15 is 0 Å². The molecule has 0 saturated carbocycles. The van der Waals surface area contributed by atoms with Crippen molar-refractivity contribution in [3.8, 4) is 0 Å². The second kappa shape index (κ2) is 10.2. The third-order valence-electron chi connectivity index (χ3n) is 1.63. The largest absolute Gasteiger partial charge is 0.348 e. The van der Waals surface area contributed by atoms with Gasteiger partial charge in [-0.25, -0.2) is 4.98 Å². The standard InChI is InChI=1S/C5H9N3.C4H12N2/c6-2-1-5-3-7-4-8-5;5-3-1-2-4-6/h3-4H,1-2,6H2,(H,7,8);1-6H2. The van der Waals surface area contributed by atoms with Crippen LogP contribution in [0.5, 0.6) is 0 Å². The van der Waals surface area contributed by atoms with E-state index in [9.17, 15) is 0 Å². The van der Waals surface area contributed by atoms with E-state index in [0.717, 1.165) is 38.0 Å². The van der Waals surface area contributed by atoms with Gasteiger partial charge in [0.05, 0.1) is 6.33 Å². The minimum Gasteiger partial charge on any atom is -0.348 e. The molecule has 1 rings (SSSR count). The number of nitrogens with one attached hydrogen (secondary N) is 1. The second-order valence-corrected chi connectivity index (χ2v) is 2.90. The average molecular weight is 199 g/mol. The highest BCUT2D eigenvalue weighted by Crippen LogP contribution is 1.88. The zero-order chi connectivity index (χ0) is 10.6. The lowest BCUT2D eigenvalue weighted by Gasteiger charge is -1.87. The fraction of sp³-hybridized carbons (Fsp3) is 0.667. The van der Waals surface area contributed by atoms with Crippen LogP contribution in [0.25, 0.3) is 0 Å². The lowest BCUT2D eigenvalue weighted by Crippen LogP contribution is -2.03. The SMILES string of the molecule is NCCCCN.NCCc1cnc[nH]1. The summed E-state index contributed by atoms with van der Waals surface area (Å²) in [6, 6.07) is 0. The van der Waals surface area contributed by atoms with Gasteiger partial charge in [-0.2, -0.15) is 0 Å². The van der Waals surface area contributed by atoms with Crippen LogP contribution in [-0.2, 0) is 6.42 Å². The third kappa shape index (κ3) is 7.72. The summed E-state index contributed by atoms with van der Waals surface area (Å²) < 4.78 is 0. The van der Waals surface area contributed by atoms with Gasteiger partial charge in [-0.1, -0.05) is 0 Å². The summed E-state index contributed by atoms with van der Waals surface area (Å²) in [4.78, 5) is 6.78. The van der Waals surface area contributed by atoms with Crippen molar-refractivity contribution >= 4 is 0 Å². The van der Waals surface area contributed by atoms with Crippen molar-refractivity contribution in [3.63, 3.8) is 0 Å². The Morgan fingerprint density at radius 3 is 2.07 bits per heavy atom. The van der Waals surface area contributed by atoms with Crippen molar-refractivity contribution in [2.45, 2.75) is 19.3 Å². The van der Waals surface area contributed by atoms with Crippen LogP contribution < -0.4 is 17.2 Å². The van der Waals surface area contributed by atoms with E-state index in [0.29, 0.717) is 6.54 Å². The molecule has 0 bridgehead atoms. The molecule has 0 aliphatic carbocycles. The van der Waals surface area contributed by atoms with E-state index in [1.54, 1.807) is 12.5 Å². The third-order valence-corrected chi connectivity index (χ3v) is 1.63. The molecule has 1 aromatic heterocycles. The highest BCUT2D eigenvalue weighted by atomic mass is 14.9. The van der Waals surface area contributed by atoms with Gasteiger partial charge >= 0.3 is 0 Å². The fourth-order valence-corrected chi connectivity index (χ4v) is 0.866. The topological polar surface area (TPSA) is 107 Å². The zero-order valence-electron chi connectivity index (χ0n) is 8.58. The van der Waals surface area contributed by atoms with Gasteiger partial charge in [-0.05, 0) is 32.5 Å². The summed E-state index contributed by atoms with van der Waals surface area (Å²) in [6.07, 6.45) is 6.46. The van der Waals surface area contributed by atoms with Gasteiger partial charge in [0.15, 0.2) is 0 Å². The van der Waals surface area contributed by atoms with Gasteiger partial charge in [0.25, 0.3) is 0 Å². The first kappa shape index (κ1) is 13.1. The van der Waals surface area contributed by atoms with Crippen molar-refractivity contribution in [1.29, 1.82) is 0 Å². The summed E-state index contributed by atoms with van der Waals surface area (Å²) >= 11 is 0. The molecule has 0 unspecified atom stereocenters. The van der Waals surface area contributed by atoms with Crippen LogP contribution in [0.1, 0.15) is 18.5 Å². The predicted octanol–water partition coefficient (Wildman–Crippen LogP) is -0.405. The molecule has 0 fully saturated rings. The van der Waals surface area contributed by atoms with Crippen LogP contribution in [0, 0.1) is 0 Å². The maximum atomic E-state index is 5.27. The van der Waals surface area contributed by atoms with E-state index < -0.39 is 0 Å². The molecule has 1 aromatic rings. The maximum absolute atomic E-state index is 5.27. The first-order valence-electron chi connectivity index (χ1n) is 4.92. The highest BCUT2D eigenvalue weighted by molar-refractivity contribution is 4.93. The van der Waals surface area contributed by atoms with Crippen LogP contribution in [0.2, 0.25) is 0 Å². The number of nitrogens with two attached hydrogens (primary N) is 3. The Morgan fingerprint density at radius 1 is 1.07 bits per heavy atom. The molecule has 7 N–H and O–H groups in total. The lowest BCUT2D eigenvalue weighted by atomic mass is 10.3. The van der Waals surface area contributed by atoms with Crippen LogP contribution in [0.4, 0.5) is 0 Å². The van der Waals surface area contributed by atoms with Crippen molar-refractivity contribution < 1.29 is 0 Å². The Labute approximate surface area is 85.1 Å². The molecular formula is C9H21N5. The molecule has 0 radical (unpaired) electrons. The number of hydrogen-bond donors (Lipinski definition) is 4. The Hall–Kier alpha value is -0.910. The number of aromatic amines is 1. The molecule has 82 valence electrons. The summed E-state index contributed by atoms with van der Waals surface area (Å²) in [5.41, 5.74) is 16.7. The number of hydrogen-bond acceptors (Lipinski definition) is 4. The highest BCUT2D eigenvalue weighted by Gasteiger charge is 1.87. The van der Waals surface area contributed by atoms with Crippen LogP contribution in [0.3, 0.4) is 0 Å². The maximum Gasteiger partial charge on any atom is 0.0921 e. The molecule has 5 nitrogen and oxygen atoms in total. The number of H-pyrrole nitrogens is 1. The van der Waals surface area contributed by atoms with E-state index in [1.165, 1.54) is 0 Å². The Kier molecular flexibility index (Phi) is 9.51. The first-order chi connectivity index (χ1) is 6.85. The Morgan fingerprint density at radius 2 is 1.71 bits per heavy atom. The smallest absolute Gasteiger partial charge is 0.0921 e. The van der Waals surface area contributed by atoms with Crippen molar-refractivity contribution in [2.75, 3.05) is 19.6 Å². The van der Waals surface area contributed by atoms with Gasteiger partial charge in [0.2, 0.25) is 0 Å².